The molecule has 0 saturated carbocycles. The van der Waals surface area contributed by atoms with Crippen LogP contribution in [0.1, 0.15) is 149 Å². The van der Waals surface area contributed by atoms with E-state index in [0.29, 0.717) is 5.69 Å². The van der Waals surface area contributed by atoms with Crippen LogP contribution in [-0.2, 0) is 49.9 Å². The Bertz CT molecular complexity index is 6700. The van der Waals surface area contributed by atoms with Gasteiger partial charge in [0, 0.05) is 135 Å². The van der Waals surface area contributed by atoms with Gasteiger partial charge in [-0.15, -0.1) is 0 Å². The molecule has 0 fully saturated rings. The van der Waals surface area contributed by atoms with Crippen LogP contribution in [0.2, 0.25) is 0 Å². The Hall–Kier alpha value is -12.3. The molecule has 0 radical (unpaired) electrons. The normalized spacial score (nSPS) is 15.4. The summed E-state index contributed by atoms with van der Waals surface area (Å²) in [5.74, 6) is 0. The first-order valence-corrected chi connectivity index (χ1v) is 40.0. The highest BCUT2D eigenvalue weighted by atomic mass is 15.0. The highest BCUT2D eigenvalue weighted by Crippen LogP contribution is 2.56. The molecule has 8 nitrogen and oxygen atoms in total. The molecule has 0 N–H and O–H groups in total. The van der Waals surface area contributed by atoms with Crippen LogP contribution >= 0.6 is 0 Å². The van der Waals surface area contributed by atoms with E-state index in [2.05, 4.69) is 360 Å². The van der Waals surface area contributed by atoms with Crippen LogP contribution in [0, 0.1) is 55.4 Å². The SMILES string of the molecule is Cc1ccc2c(n1)C(C)(C)c1c-2ccc(C)c1-c1cc2ccccc2c[n+]1C.Cc1ccc2c(n1)C(C)(C)c1c-2ccc(C)c1-c1ccc2ccccc2[n+]1C.Cc1ccc2c(n1)C(C)(C)c1cc(C)c(-c3cc(-c4ccccc4)cc[n+]3C)cc1-2.[2H]C([2H])([2H])C1(C)c2nc(C)ccc2-c2ccc(C)c(-c3ccc4ccccc4[n+]3C)c21. The minimum atomic E-state index is -2.24. The van der Waals surface area contributed by atoms with Crippen LogP contribution in [0.3, 0.4) is 0 Å². The monoisotopic (exact) mass is 1490 g/mol. The van der Waals surface area contributed by atoms with Crippen LogP contribution < -0.4 is 18.3 Å². The van der Waals surface area contributed by atoms with Gasteiger partial charge in [0.25, 0.3) is 0 Å². The van der Waals surface area contributed by atoms with Crippen molar-refractivity contribution >= 4 is 32.6 Å². The predicted molar refractivity (Wildman–Crippen MR) is 470 cm³/mol. The second-order valence-corrected chi connectivity index (χ2v) is 34.0. The van der Waals surface area contributed by atoms with Crippen LogP contribution in [-0.4, -0.2) is 19.9 Å². The molecule has 16 aromatic rings. The lowest BCUT2D eigenvalue weighted by atomic mass is 9.80. The number of hydrogen-bond acceptors (Lipinski definition) is 4. The lowest BCUT2D eigenvalue weighted by Gasteiger charge is -2.24. The fourth-order valence-corrected chi connectivity index (χ4v) is 19.1. The number of para-hydroxylation sites is 2. The number of benzene rings is 8. The van der Waals surface area contributed by atoms with Crippen LogP contribution in [0.5, 0.6) is 0 Å². The molecule has 4 aliphatic rings. The third-order valence-electron chi connectivity index (χ3n) is 25.0. The maximum atomic E-state index is 8.56. The summed E-state index contributed by atoms with van der Waals surface area (Å²) in [6.07, 6.45) is 4.40. The zero-order chi connectivity index (χ0) is 82.4. The van der Waals surface area contributed by atoms with Gasteiger partial charge in [-0.1, -0.05) is 195 Å². The fourth-order valence-electron chi connectivity index (χ4n) is 19.1. The second-order valence-electron chi connectivity index (χ2n) is 34.0. The minimum absolute atomic E-state index is 0.0753. The lowest BCUT2D eigenvalue weighted by molar-refractivity contribution is -0.660. The first-order chi connectivity index (χ1) is 55.8. The molecule has 0 amide bonds. The van der Waals surface area contributed by atoms with Gasteiger partial charge in [-0.2, -0.15) is 9.13 Å². The molecule has 4 aliphatic carbocycles. The molecule has 0 bridgehead atoms. The van der Waals surface area contributed by atoms with Crippen LogP contribution in [0.25, 0.3) is 133 Å². The van der Waals surface area contributed by atoms with E-state index in [1.807, 2.05) is 45.2 Å². The Morgan fingerprint density at radius 3 is 1.15 bits per heavy atom. The Labute approximate surface area is 677 Å². The highest BCUT2D eigenvalue weighted by Gasteiger charge is 2.45. The van der Waals surface area contributed by atoms with E-state index in [4.69, 9.17) is 24.0 Å². The van der Waals surface area contributed by atoms with Crippen molar-refractivity contribution in [1.82, 2.24) is 19.9 Å². The molecule has 8 heterocycles. The number of nitrogens with zero attached hydrogens (tertiary/aromatic N) is 8. The largest absolute Gasteiger partial charge is 0.257 e. The second kappa shape index (κ2) is 27.8. The lowest BCUT2D eigenvalue weighted by Crippen LogP contribution is -2.33. The zero-order valence-corrected chi connectivity index (χ0v) is 69.3. The smallest absolute Gasteiger partial charge is 0.213 e. The van der Waals surface area contributed by atoms with E-state index >= 15 is 0 Å². The van der Waals surface area contributed by atoms with E-state index in [0.717, 1.165) is 67.2 Å². The first-order valence-electron chi connectivity index (χ1n) is 41.5. The molecule has 1 atom stereocenters. The van der Waals surface area contributed by atoms with Gasteiger partial charge in [-0.25, -0.2) is 9.13 Å². The third kappa shape index (κ3) is 12.2. The summed E-state index contributed by atoms with van der Waals surface area (Å²) in [6.45, 7) is 30.3. The van der Waals surface area contributed by atoms with E-state index in [-0.39, 0.29) is 16.2 Å². The van der Waals surface area contributed by atoms with Crippen molar-refractivity contribution in [3.8, 4) is 101 Å². The maximum Gasteiger partial charge on any atom is 0.213 e. The molecule has 8 aromatic heterocycles. The molecular formula is C106H102N8+4. The minimum Gasteiger partial charge on any atom is -0.257 e. The van der Waals surface area contributed by atoms with Crippen molar-refractivity contribution < 1.29 is 22.4 Å². The number of aryl methyl sites for hydroxylation is 12. The number of pyridine rings is 8. The molecule has 0 aliphatic heterocycles. The van der Waals surface area contributed by atoms with Gasteiger partial charge in [-0.05, 0) is 199 Å². The fraction of sp³-hybridized carbons (Fsp3) is 0.226. The summed E-state index contributed by atoms with van der Waals surface area (Å²) >= 11 is 0. The van der Waals surface area contributed by atoms with Gasteiger partial charge < -0.3 is 0 Å². The van der Waals surface area contributed by atoms with Gasteiger partial charge in [0.05, 0.1) is 39.5 Å². The van der Waals surface area contributed by atoms with Crippen LogP contribution in [0.15, 0.2) is 255 Å². The van der Waals surface area contributed by atoms with Crippen molar-refractivity contribution in [3.63, 3.8) is 0 Å². The Balaban J connectivity index is 0.000000112. The van der Waals surface area contributed by atoms with Crippen molar-refractivity contribution in [2.75, 3.05) is 0 Å². The summed E-state index contributed by atoms with van der Waals surface area (Å²) in [7, 11) is 8.50. The summed E-state index contributed by atoms with van der Waals surface area (Å²) < 4.78 is 34.7. The Kier molecular flexibility index (Phi) is 17.3. The average Bonchev–Trinajstić information content (AvgIpc) is 1.55. The number of hydrogen-bond donors (Lipinski definition) is 0. The Morgan fingerprint density at radius 1 is 0.281 bits per heavy atom. The van der Waals surface area contributed by atoms with Gasteiger partial charge in [-0.3, -0.25) is 19.9 Å². The highest BCUT2D eigenvalue weighted by molar-refractivity contribution is 5.93. The molecule has 8 aromatic carbocycles. The zero-order valence-electron chi connectivity index (χ0n) is 72.3. The summed E-state index contributed by atoms with van der Waals surface area (Å²) in [5, 5.41) is 4.95. The molecular weight excluding hydrogens is 1390 g/mol. The van der Waals surface area contributed by atoms with E-state index < -0.39 is 12.3 Å². The summed E-state index contributed by atoms with van der Waals surface area (Å²) in [6, 6.07) is 86.6. The van der Waals surface area contributed by atoms with E-state index in [1.165, 1.54) is 150 Å². The van der Waals surface area contributed by atoms with Gasteiger partial charge in [0.1, 0.15) is 28.2 Å². The summed E-state index contributed by atoms with van der Waals surface area (Å²) in [4.78, 5) is 19.6. The standard InChI is InChI=1S/C28H27N2.3C26H25N2/c1-18-15-25-24(22-12-11-19(2)29-27(22)28(25,3)4)17-23(18)26-16-21(13-14-30(26)5)20-9-7-6-8-10-20;2*1-16-10-13-19-20-14-11-17(2)27-25(20)26(3,4)24(19)23(16)22-15-12-18-8-6-7-9-21(18)28(22)5;1-16-10-12-20-21-13-11-17(2)27-25(21)26(3,4)24(20)23(16)22-14-18-8-6-7-9-19(18)15-28(22)5/h6-17H,1-5H3;3*6-15H,1-5H3/q4*+1/i;3D3;;. The van der Waals surface area contributed by atoms with Gasteiger partial charge >= 0.3 is 0 Å². The Morgan fingerprint density at radius 2 is 0.675 bits per heavy atom. The van der Waals surface area contributed by atoms with Gasteiger partial charge in [0.15, 0.2) is 12.4 Å². The van der Waals surface area contributed by atoms with Crippen molar-refractivity contribution in [1.29, 1.82) is 0 Å². The molecule has 0 spiro atoms. The molecule has 0 saturated heterocycles. The molecule has 562 valence electrons. The maximum absolute atomic E-state index is 8.56. The average molecular weight is 1490 g/mol. The van der Waals surface area contributed by atoms with Crippen LogP contribution in [0.4, 0.5) is 0 Å². The number of aromatic nitrogens is 8. The number of rotatable bonds is 5. The van der Waals surface area contributed by atoms with Crippen molar-refractivity contribution in [2.24, 2.45) is 28.2 Å². The molecule has 8 heteroatoms. The van der Waals surface area contributed by atoms with E-state index in [9.17, 15) is 0 Å². The van der Waals surface area contributed by atoms with Gasteiger partial charge in [0.2, 0.25) is 33.8 Å². The topological polar surface area (TPSA) is 67.1 Å². The summed E-state index contributed by atoms with van der Waals surface area (Å²) in [5.41, 5.74) is 40.9. The quantitative estimate of drug-likeness (QED) is 0.161. The predicted octanol–water partition coefficient (Wildman–Crippen LogP) is 23.1. The third-order valence-corrected chi connectivity index (χ3v) is 25.0. The molecule has 1 unspecified atom stereocenters. The first kappa shape index (κ1) is 70.8. The van der Waals surface area contributed by atoms with Crippen molar-refractivity contribution in [3.05, 3.63) is 345 Å². The van der Waals surface area contributed by atoms with Crippen molar-refractivity contribution in [2.45, 2.75) is 132 Å². The van der Waals surface area contributed by atoms with E-state index in [1.54, 1.807) is 0 Å². The molecule has 20 rings (SSSR count). The molecule has 114 heavy (non-hydrogen) atoms. The number of fused-ring (bicyclic) bond motifs is 15.